The largest absolute Gasteiger partial charge is 0.394 e. The van der Waals surface area contributed by atoms with E-state index in [1.807, 2.05) is 25.1 Å². The number of amides is 2. The summed E-state index contributed by atoms with van der Waals surface area (Å²) in [5.74, 6) is -1.53. The van der Waals surface area contributed by atoms with Gasteiger partial charge in [-0.25, -0.2) is 4.39 Å². The first kappa shape index (κ1) is 24.6. The van der Waals surface area contributed by atoms with Gasteiger partial charge in [0.15, 0.2) is 5.60 Å². The van der Waals surface area contributed by atoms with Crippen molar-refractivity contribution in [2.24, 2.45) is 11.8 Å². The van der Waals surface area contributed by atoms with Crippen LogP contribution in [-0.4, -0.2) is 59.3 Å². The number of aliphatic hydroxyl groups excluding tert-OH is 1. The number of carbonyl (C=O) groups excluding carboxylic acids is 2. The normalized spacial score (nSPS) is 31.5. The minimum absolute atomic E-state index is 0.0192. The van der Waals surface area contributed by atoms with Crippen LogP contribution in [0.3, 0.4) is 0 Å². The molecule has 3 aliphatic heterocycles. The number of hydrogen-bond acceptors (Lipinski definition) is 4. The molecule has 1 spiro atoms. The number of ether oxygens (including phenoxy) is 1. The van der Waals surface area contributed by atoms with E-state index in [1.165, 1.54) is 13.8 Å². The Labute approximate surface area is 208 Å². The zero-order chi connectivity index (χ0) is 24.1. The van der Waals surface area contributed by atoms with Crippen molar-refractivity contribution in [1.29, 1.82) is 0 Å². The second-order valence-electron chi connectivity index (χ2n) is 9.91. The summed E-state index contributed by atoms with van der Waals surface area (Å²) < 4.78 is 23.1. The van der Waals surface area contributed by atoms with Gasteiger partial charge in [-0.15, -0.1) is 6.58 Å². The van der Waals surface area contributed by atoms with E-state index in [1.54, 1.807) is 15.9 Å². The van der Waals surface area contributed by atoms with Crippen LogP contribution in [0.2, 0.25) is 0 Å². The molecule has 0 unspecified atom stereocenters. The number of hydrogen-bond donors (Lipinski definition) is 1. The third-order valence-electron chi connectivity index (χ3n) is 7.52. The lowest BCUT2D eigenvalue weighted by Gasteiger charge is -2.32. The molecule has 33 heavy (non-hydrogen) atoms. The average Bonchev–Trinajstić information content (AvgIpc) is 3.39. The smallest absolute Gasteiger partial charge is 0.264 e. The van der Waals surface area contributed by atoms with Crippen molar-refractivity contribution in [3.63, 3.8) is 0 Å². The molecular formula is C25H32FIN2O4. The summed E-state index contributed by atoms with van der Waals surface area (Å²) in [6, 6.07) is 5.55. The lowest BCUT2D eigenvalue weighted by Crippen LogP contribution is -2.45. The van der Waals surface area contributed by atoms with Crippen molar-refractivity contribution >= 4 is 40.1 Å². The van der Waals surface area contributed by atoms with Crippen molar-refractivity contribution in [2.75, 3.05) is 24.6 Å². The van der Waals surface area contributed by atoms with Crippen LogP contribution < -0.4 is 4.90 Å². The van der Waals surface area contributed by atoms with Crippen LogP contribution in [0.4, 0.5) is 10.1 Å². The first-order valence-corrected chi connectivity index (χ1v) is 12.6. The molecule has 4 rings (SSSR count). The van der Waals surface area contributed by atoms with E-state index in [-0.39, 0.29) is 30.9 Å². The molecule has 2 amide bonds. The van der Waals surface area contributed by atoms with Gasteiger partial charge in [0.25, 0.3) is 5.91 Å². The highest BCUT2D eigenvalue weighted by Gasteiger charge is 2.66. The number of rotatable bonds is 6. The van der Waals surface area contributed by atoms with E-state index in [4.69, 9.17) is 4.74 Å². The lowest BCUT2D eigenvalue weighted by atomic mass is 9.71. The molecule has 0 aliphatic carbocycles. The van der Waals surface area contributed by atoms with Crippen LogP contribution in [0, 0.1) is 15.4 Å². The van der Waals surface area contributed by atoms with Crippen LogP contribution in [0.5, 0.6) is 0 Å². The Morgan fingerprint density at radius 3 is 2.82 bits per heavy atom. The fraction of sp³-hybridized carbons (Fsp3) is 0.600. The second kappa shape index (κ2) is 8.92. The van der Waals surface area contributed by atoms with Gasteiger partial charge in [0.05, 0.1) is 30.9 Å². The fourth-order valence-electron chi connectivity index (χ4n) is 6.17. The molecule has 3 aliphatic rings. The average molecular weight is 570 g/mol. The first-order valence-electron chi connectivity index (χ1n) is 11.6. The maximum atomic E-state index is 15.6. The molecule has 180 valence electrons. The van der Waals surface area contributed by atoms with Crippen LogP contribution in [0.25, 0.3) is 0 Å². The highest BCUT2D eigenvalue weighted by Crippen LogP contribution is 2.58. The zero-order valence-electron chi connectivity index (χ0n) is 19.4. The van der Waals surface area contributed by atoms with Crippen LogP contribution in [0.1, 0.15) is 45.6 Å². The first-order chi connectivity index (χ1) is 15.6. The van der Waals surface area contributed by atoms with E-state index >= 15 is 4.39 Å². The summed E-state index contributed by atoms with van der Waals surface area (Å²) in [5.41, 5.74) is -1.54. The van der Waals surface area contributed by atoms with Gasteiger partial charge in [-0.1, -0.05) is 13.0 Å². The molecule has 0 aromatic heterocycles. The van der Waals surface area contributed by atoms with Crippen molar-refractivity contribution in [3.8, 4) is 0 Å². The van der Waals surface area contributed by atoms with Gasteiger partial charge in [-0.05, 0) is 67.5 Å². The van der Waals surface area contributed by atoms with E-state index in [0.717, 1.165) is 27.7 Å². The quantitative estimate of drug-likeness (QED) is 0.418. The molecule has 3 heterocycles. The third kappa shape index (κ3) is 3.91. The summed E-state index contributed by atoms with van der Waals surface area (Å²) in [4.78, 5) is 30.4. The van der Waals surface area contributed by atoms with Crippen molar-refractivity contribution in [1.82, 2.24) is 4.90 Å². The number of alkyl halides is 1. The molecule has 1 aromatic carbocycles. The Bertz CT molecular complexity index is 964. The van der Waals surface area contributed by atoms with E-state index in [0.29, 0.717) is 13.1 Å². The van der Waals surface area contributed by atoms with Crippen LogP contribution in [0.15, 0.2) is 30.9 Å². The number of anilines is 1. The van der Waals surface area contributed by atoms with Gasteiger partial charge in [-0.2, -0.15) is 0 Å². The molecule has 1 aromatic rings. The predicted molar refractivity (Wildman–Crippen MR) is 133 cm³/mol. The number of likely N-dealkylation sites (tertiary alicyclic amines) is 1. The number of carbonyl (C=O) groups is 2. The Balaban J connectivity index is 1.75. The number of halogens is 2. The SMILES string of the molecule is C=CCN1C(=O)[C@@]2(O[C@@H](CC(=O)N3CCC[C@H]3CO)[C@H](C(C)(C)F)[C@H]2C)c2cc(I)ccc21. The topological polar surface area (TPSA) is 70.1 Å². The fourth-order valence-corrected chi connectivity index (χ4v) is 6.66. The van der Waals surface area contributed by atoms with Gasteiger partial charge >= 0.3 is 0 Å². The Morgan fingerprint density at radius 1 is 1.45 bits per heavy atom. The van der Waals surface area contributed by atoms with Gasteiger partial charge in [0, 0.05) is 34.1 Å². The van der Waals surface area contributed by atoms with Crippen LogP contribution >= 0.6 is 22.6 Å². The molecular weight excluding hydrogens is 538 g/mol. The Hall–Kier alpha value is -1.52. The number of benzene rings is 1. The number of aliphatic hydroxyl groups is 1. The molecule has 2 saturated heterocycles. The summed E-state index contributed by atoms with van der Waals surface area (Å²) >= 11 is 2.20. The predicted octanol–water partition coefficient (Wildman–Crippen LogP) is 3.79. The van der Waals surface area contributed by atoms with Gasteiger partial charge in [-0.3, -0.25) is 9.59 Å². The molecule has 0 saturated carbocycles. The maximum absolute atomic E-state index is 15.6. The van der Waals surface area contributed by atoms with Gasteiger partial charge in [0.2, 0.25) is 5.91 Å². The maximum Gasteiger partial charge on any atom is 0.264 e. The molecule has 1 N–H and O–H groups in total. The van der Waals surface area contributed by atoms with E-state index in [2.05, 4.69) is 29.2 Å². The van der Waals surface area contributed by atoms with E-state index < -0.39 is 29.2 Å². The second-order valence-corrected chi connectivity index (χ2v) is 11.2. The molecule has 0 radical (unpaired) electrons. The van der Waals surface area contributed by atoms with Crippen molar-refractivity contribution in [3.05, 3.63) is 40.0 Å². The number of fused-ring (bicyclic) bond motifs is 2. The molecule has 8 heteroatoms. The van der Waals surface area contributed by atoms with Gasteiger partial charge in [0.1, 0.15) is 5.67 Å². The van der Waals surface area contributed by atoms with E-state index in [9.17, 15) is 14.7 Å². The minimum Gasteiger partial charge on any atom is -0.394 e. The monoisotopic (exact) mass is 570 g/mol. The summed E-state index contributed by atoms with van der Waals surface area (Å²) in [6.45, 7) is 9.45. The summed E-state index contributed by atoms with van der Waals surface area (Å²) in [5, 5.41) is 9.64. The highest BCUT2D eigenvalue weighted by atomic mass is 127. The lowest BCUT2D eigenvalue weighted by molar-refractivity contribution is -0.150. The third-order valence-corrected chi connectivity index (χ3v) is 8.19. The Morgan fingerprint density at radius 2 is 2.18 bits per heavy atom. The molecule has 6 nitrogen and oxygen atoms in total. The van der Waals surface area contributed by atoms with Crippen molar-refractivity contribution < 1.29 is 23.8 Å². The standard InChI is InChI=1S/C25H32FIN2O4/c1-5-10-29-19-9-8-16(27)12-18(19)25(23(29)32)15(2)22(24(3,4)26)20(33-25)13-21(31)28-11-6-7-17(28)14-30/h5,8-9,12,15,17,20,22,30H,1,6-7,10-11,13-14H2,2-4H3/t15-,17+,20+,22-,25+/m1/s1. The minimum atomic E-state index is -1.66. The molecule has 5 atom stereocenters. The molecule has 2 fully saturated rings. The zero-order valence-corrected chi connectivity index (χ0v) is 21.5. The highest BCUT2D eigenvalue weighted by molar-refractivity contribution is 14.1. The molecule has 0 bridgehead atoms. The number of nitrogens with zero attached hydrogens (tertiary/aromatic N) is 2. The van der Waals surface area contributed by atoms with Crippen molar-refractivity contribution in [2.45, 2.75) is 63.4 Å². The van der Waals surface area contributed by atoms with Gasteiger partial charge < -0.3 is 19.6 Å². The summed E-state index contributed by atoms with van der Waals surface area (Å²) in [7, 11) is 0. The summed E-state index contributed by atoms with van der Waals surface area (Å²) in [6.07, 6.45) is 2.48. The Kier molecular flexibility index (Phi) is 6.65. The van der Waals surface area contributed by atoms with Crippen LogP contribution in [-0.2, 0) is 19.9 Å².